The lowest BCUT2D eigenvalue weighted by atomic mass is 10.2. The van der Waals surface area contributed by atoms with E-state index >= 15 is 0 Å². The Morgan fingerprint density at radius 2 is 1.95 bits per heavy atom. The fraction of sp³-hybridized carbons (Fsp3) is 0.143. The van der Waals surface area contributed by atoms with Gasteiger partial charge in [0.2, 0.25) is 0 Å². The summed E-state index contributed by atoms with van der Waals surface area (Å²) in [4.78, 5) is 0. The SMILES string of the molecule is CNCc1ccc(Oc2ccc(F)cc2F)cc1Cl. The minimum atomic E-state index is -0.754. The van der Waals surface area contributed by atoms with Gasteiger partial charge in [-0.15, -0.1) is 0 Å². The van der Waals surface area contributed by atoms with E-state index in [1.807, 2.05) is 7.05 Å². The molecule has 19 heavy (non-hydrogen) atoms. The Morgan fingerprint density at radius 1 is 1.16 bits per heavy atom. The average molecular weight is 284 g/mol. The van der Waals surface area contributed by atoms with E-state index in [1.54, 1.807) is 18.2 Å². The van der Waals surface area contributed by atoms with Crippen molar-refractivity contribution in [2.45, 2.75) is 6.54 Å². The summed E-state index contributed by atoms with van der Waals surface area (Å²) in [5.74, 6) is -1.04. The highest BCUT2D eigenvalue weighted by atomic mass is 35.5. The van der Waals surface area contributed by atoms with Crippen molar-refractivity contribution in [2.24, 2.45) is 0 Å². The van der Waals surface area contributed by atoms with E-state index in [-0.39, 0.29) is 5.75 Å². The van der Waals surface area contributed by atoms with Crippen LogP contribution in [0.25, 0.3) is 0 Å². The predicted molar refractivity (Wildman–Crippen MR) is 70.6 cm³/mol. The monoisotopic (exact) mass is 283 g/mol. The minimum absolute atomic E-state index is 0.0427. The quantitative estimate of drug-likeness (QED) is 0.911. The van der Waals surface area contributed by atoms with Crippen LogP contribution in [0.15, 0.2) is 36.4 Å². The Labute approximate surface area is 115 Å². The smallest absolute Gasteiger partial charge is 0.168 e. The first-order valence-electron chi connectivity index (χ1n) is 5.66. The van der Waals surface area contributed by atoms with E-state index in [4.69, 9.17) is 16.3 Å². The summed E-state index contributed by atoms with van der Waals surface area (Å²) < 4.78 is 31.5. The van der Waals surface area contributed by atoms with Crippen molar-refractivity contribution in [3.8, 4) is 11.5 Å². The molecular weight excluding hydrogens is 272 g/mol. The van der Waals surface area contributed by atoms with Crippen molar-refractivity contribution in [1.29, 1.82) is 0 Å². The molecule has 0 heterocycles. The van der Waals surface area contributed by atoms with E-state index in [9.17, 15) is 8.78 Å². The zero-order chi connectivity index (χ0) is 13.8. The average Bonchev–Trinajstić information content (AvgIpc) is 2.36. The second-order valence-electron chi connectivity index (χ2n) is 3.96. The molecule has 0 amide bonds. The Kier molecular flexibility index (Phi) is 4.35. The third-order valence-corrected chi connectivity index (χ3v) is 2.87. The Morgan fingerprint density at radius 3 is 2.58 bits per heavy atom. The summed E-state index contributed by atoms with van der Waals surface area (Å²) in [6.07, 6.45) is 0. The van der Waals surface area contributed by atoms with E-state index in [0.29, 0.717) is 17.3 Å². The van der Waals surface area contributed by atoms with E-state index in [1.165, 1.54) is 6.07 Å². The molecule has 100 valence electrons. The molecule has 0 spiro atoms. The van der Waals surface area contributed by atoms with Gasteiger partial charge in [-0.05, 0) is 36.9 Å². The van der Waals surface area contributed by atoms with Gasteiger partial charge in [0.15, 0.2) is 11.6 Å². The highest BCUT2D eigenvalue weighted by Gasteiger charge is 2.08. The van der Waals surface area contributed by atoms with Gasteiger partial charge in [0.05, 0.1) is 0 Å². The van der Waals surface area contributed by atoms with Crippen molar-refractivity contribution in [3.05, 3.63) is 58.6 Å². The van der Waals surface area contributed by atoms with Crippen LogP contribution in [-0.2, 0) is 6.54 Å². The van der Waals surface area contributed by atoms with Gasteiger partial charge in [-0.3, -0.25) is 0 Å². The lowest BCUT2D eigenvalue weighted by molar-refractivity contribution is 0.437. The third-order valence-electron chi connectivity index (χ3n) is 2.51. The summed E-state index contributed by atoms with van der Waals surface area (Å²) >= 11 is 6.07. The van der Waals surface area contributed by atoms with Gasteiger partial charge in [0.25, 0.3) is 0 Å². The third kappa shape index (κ3) is 3.43. The summed E-state index contributed by atoms with van der Waals surface area (Å²) in [5, 5.41) is 3.50. The maximum absolute atomic E-state index is 13.4. The van der Waals surface area contributed by atoms with Gasteiger partial charge in [-0.1, -0.05) is 17.7 Å². The van der Waals surface area contributed by atoms with Crippen molar-refractivity contribution in [3.63, 3.8) is 0 Å². The van der Waals surface area contributed by atoms with Crippen LogP contribution >= 0.6 is 11.6 Å². The van der Waals surface area contributed by atoms with Crippen LogP contribution < -0.4 is 10.1 Å². The van der Waals surface area contributed by atoms with Gasteiger partial charge < -0.3 is 10.1 Å². The molecular formula is C14H12ClF2NO. The Hall–Kier alpha value is -1.65. The molecule has 2 aromatic carbocycles. The van der Waals surface area contributed by atoms with Gasteiger partial charge in [0.1, 0.15) is 11.6 Å². The zero-order valence-corrected chi connectivity index (χ0v) is 11.0. The lowest BCUT2D eigenvalue weighted by Crippen LogP contribution is -2.05. The zero-order valence-electron chi connectivity index (χ0n) is 10.2. The fourth-order valence-electron chi connectivity index (χ4n) is 1.61. The summed E-state index contributed by atoms with van der Waals surface area (Å²) in [6.45, 7) is 0.629. The molecule has 0 radical (unpaired) electrons. The first kappa shape index (κ1) is 13.8. The van der Waals surface area contributed by atoms with Crippen LogP contribution in [-0.4, -0.2) is 7.05 Å². The molecule has 0 atom stereocenters. The molecule has 0 fully saturated rings. The van der Waals surface area contributed by atoms with Crippen LogP contribution in [0, 0.1) is 11.6 Å². The standard InChI is InChI=1S/C14H12ClF2NO/c1-18-8-9-2-4-11(7-12(9)15)19-14-5-3-10(16)6-13(14)17/h2-7,18H,8H2,1H3. The summed E-state index contributed by atoms with van der Waals surface area (Å²) in [7, 11) is 1.81. The van der Waals surface area contributed by atoms with Crippen LogP contribution in [0.5, 0.6) is 11.5 Å². The van der Waals surface area contributed by atoms with Crippen LogP contribution in [0.2, 0.25) is 5.02 Å². The van der Waals surface area contributed by atoms with Crippen LogP contribution in [0.4, 0.5) is 8.78 Å². The topological polar surface area (TPSA) is 21.3 Å². The number of hydrogen-bond acceptors (Lipinski definition) is 2. The largest absolute Gasteiger partial charge is 0.454 e. The molecule has 5 heteroatoms. The maximum Gasteiger partial charge on any atom is 0.168 e. The summed E-state index contributed by atoms with van der Waals surface area (Å²) in [5.41, 5.74) is 0.913. The molecule has 0 bridgehead atoms. The van der Waals surface area contributed by atoms with E-state index in [2.05, 4.69) is 5.32 Å². The highest BCUT2D eigenvalue weighted by Crippen LogP contribution is 2.28. The number of rotatable bonds is 4. The number of ether oxygens (including phenoxy) is 1. The molecule has 0 aromatic heterocycles. The molecule has 0 saturated carbocycles. The van der Waals surface area contributed by atoms with Gasteiger partial charge in [0, 0.05) is 17.6 Å². The predicted octanol–water partition coefficient (Wildman–Crippen LogP) is 4.13. The molecule has 0 aliphatic carbocycles. The Bertz CT molecular complexity index is 590. The normalized spacial score (nSPS) is 10.5. The molecule has 1 N–H and O–H groups in total. The minimum Gasteiger partial charge on any atom is -0.454 e. The van der Waals surface area contributed by atoms with Gasteiger partial charge in [-0.25, -0.2) is 8.78 Å². The van der Waals surface area contributed by atoms with Gasteiger partial charge in [-0.2, -0.15) is 0 Å². The van der Waals surface area contributed by atoms with Crippen LogP contribution in [0.3, 0.4) is 0 Å². The molecule has 2 aromatic rings. The Balaban J connectivity index is 2.21. The van der Waals surface area contributed by atoms with Crippen molar-refractivity contribution in [1.82, 2.24) is 5.32 Å². The first-order valence-corrected chi connectivity index (χ1v) is 6.04. The second-order valence-corrected chi connectivity index (χ2v) is 4.37. The number of nitrogens with one attached hydrogen (secondary N) is 1. The highest BCUT2D eigenvalue weighted by molar-refractivity contribution is 6.31. The van der Waals surface area contributed by atoms with Crippen molar-refractivity contribution >= 4 is 11.6 Å². The number of benzene rings is 2. The van der Waals surface area contributed by atoms with Crippen LogP contribution in [0.1, 0.15) is 5.56 Å². The molecule has 0 aliphatic heterocycles. The van der Waals surface area contributed by atoms with E-state index < -0.39 is 11.6 Å². The first-order chi connectivity index (χ1) is 9.10. The number of halogens is 3. The lowest BCUT2D eigenvalue weighted by Gasteiger charge is -2.09. The molecule has 0 aliphatic rings. The van der Waals surface area contributed by atoms with E-state index in [0.717, 1.165) is 17.7 Å². The molecule has 2 rings (SSSR count). The fourth-order valence-corrected chi connectivity index (χ4v) is 1.85. The van der Waals surface area contributed by atoms with Gasteiger partial charge >= 0.3 is 0 Å². The van der Waals surface area contributed by atoms with Crippen molar-refractivity contribution < 1.29 is 13.5 Å². The second kappa shape index (κ2) is 5.99. The molecule has 0 unspecified atom stereocenters. The summed E-state index contributed by atoms with van der Waals surface area (Å²) in [6, 6.07) is 8.20. The number of hydrogen-bond donors (Lipinski definition) is 1. The molecule has 2 nitrogen and oxygen atoms in total. The molecule has 0 saturated heterocycles. The van der Waals surface area contributed by atoms with Crippen molar-refractivity contribution in [2.75, 3.05) is 7.05 Å². The maximum atomic E-state index is 13.4.